The van der Waals surface area contributed by atoms with E-state index in [4.69, 9.17) is 18.7 Å². The van der Waals surface area contributed by atoms with Crippen molar-refractivity contribution in [3.63, 3.8) is 0 Å². The van der Waals surface area contributed by atoms with Crippen LogP contribution < -0.4 is 19.7 Å². The quantitative estimate of drug-likeness (QED) is 0.218. The number of amides is 1. The number of carbonyl (C=O) groups excluding carboxylic acids is 3. The van der Waals surface area contributed by atoms with Gasteiger partial charge in [0, 0.05) is 35.2 Å². The molecule has 5 atom stereocenters. The standard InChI is InChI=1S/C39H53FN4O9/c1-9-12-16-50-33-25-21(28(40)26-23(43(7)8)14-15-44(30(26)33)37(48)52-38(4,5)6)18-20-19-22-29(41-11-3)32-27(36(42-53-32)51-17-13-10-2)35(47)39(22,49)34(46)24(20)31(25)45/h20,22-23,29,41,46,49H,9-19H2,1-8H3/t20-,22-,23?,29-,39-/m0/s1. The molecule has 53 heavy (non-hydrogen) atoms. The van der Waals surface area contributed by atoms with Crippen molar-refractivity contribution in [3.05, 3.63) is 45.2 Å². The number of hydrogen-bond donors (Lipinski definition) is 3. The Hall–Kier alpha value is -4.01. The first kappa shape index (κ1) is 38.7. The van der Waals surface area contributed by atoms with Gasteiger partial charge in [0.05, 0.1) is 30.5 Å². The second-order valence-electron chi connectivity index (χ2n) is 15.8. The molecule has 0 saturated carbocycles. The number of Topliss-reactive ketones (excluding diaryl/α,β-unsaturated/α-hetero) is 2. The zero-order valence-electron chi connectivity index (χ0n) is 32.1. The third-order valence-corrected chi connectivity index (χ3v) is 10.8. The Kier molecular flexibility index (Phi) is 10.7. The third kappa shape index (κ3) is 6.39. The lowest BCUT2D eigenvalue weighted by atomic mass is 9.58. The van der Waals surface area contributed by atoms with Gasteiger partial charge < -0.3 is 39.2 Å². The maximum Gasteiger partial charge on any atom is 0.414 e. The van der Waals surface area contributed by atoms with Gasteiger partial charge in [-0.25, -0.2) is 9.18 Å². The summed E-state index contributed by atoms with van der Waals surface area (Å²) in [5.41, 5.74) is -3.36. The van der Waals surface area contributed by atoms with Gasteiger partial charge in [0.2, 0.25) is 5.78 Å². The summed E-state index contributed by atoms with van der Waals surface area (Å²) in [6, 6.07) is -1.23. The Morgan fingerprint density at radius 1 is 1.11 bits per heavy atom. The van der Waals surface area contributed by atoms with Gasteiger partial charge in [-0.3, -0.25) is 14.5 Å². The molecular weight excluding hydrogens is 687 g/mol. The van der Waals surface area contributed by atoms with Gasteiger partial charge in [0.15, 0.2) is 22.9 Å². The van der Waals surface area contributed by atoms with Crippen LogP contribution in [0.15, 0.2) is 15.9 Å². The molecule has 1 aliphatic heterocycles. The van der Waals surface area contributed by atoms with E-state index in [0.717, 1.165) is 12.8 Å². The number of fused-ring (bicyclic) bond motifs is 5. The summed E-state index contributed by atoms with van der Waals surface area (Å²) in [6.07, 6.45) is 2.61. The summed E-state index contributed by atoms with van der Waals surface area (Å²) < 4.78 is 41.0. The number of aliphatic hydroxyl groups excluding tert-OH is 1. The largest absolute Gasteiger partial charge is 0.508 e. The highest BCUT2D eigenvalue weighted by Gasteiger charge is 2.63. The van der Waals surface area contributed by atoms with Crippen molar-refractivity contribution in [3.8, 4) is 11.6 Å². The SMILES string of the molecule is CCCCOc1noc2c1C(=O)[C@@]1(O)C(O)=C3C(=O)c4c(c(F)c5c(c4OCCCC)N(C(=O)OC(C)(C)C)CCC5N(C)C)C[C@H]3C[C@H]1[C@@H]2NCC. The Morgan fingerprint density at radius 2 is 1.79 bits per heavy atom. The number of aliphatic hydroxyl groups is 2. The summed E-state index contributed by atoms with van der Waals surface area (Å²) in [5, 5.41) is 31.9. The number of hydrogen-bond acceptors (Lipinski definition) is 12. The Labute approximate surface area is 309 Å². The van der Waals surface area contributed by atoms with Gasteiger partial charge in [-0.1, -0.05) is 33.6 Å². The Bertz CT molecular complexity index is 1810. The number of rotatable bonds is 11. The molecule has 1 aromatic carbocycles. The van der Waals surface area contributed by atoms with Crippen molar-refractivity contribution in [2.75, 3.05) is 45.3 Å². The summed E-state index contributed by atoms with van der Waals surface area (Å²) in [5.74, 6) is -4.72. The second kappa shape index (κ2) is 14.7. The van der Waals surface area contributed by atoms with Gasteiger partial charge in [0.25, 0.3) is 5.88 Å². The minimum absolute atomic E-state index is 0.0218. The smallest absolute Gasteiger partial charge is 0.414 e. The maximum absolute atomic E-state index is 17.4. The zero-order chi connectivity index (χ0) is 38.6. The molecule has 2 aromatic rings. The minimum atomic E-state index is -2.54. The number of allylic oxidation sites excluding steroid dienone is 1. The predicted octanol–water partition coefficient (Wildman–Crippen LogP) is 6.38. The molecule has 290 valence electrons. The van der Waals surface area contributed by atoms with Crippen molar-refractivity contribution < 1.29 is 47.7 Å². The van der Waals surface area contributed by atoms with E-state index in [-0.39, 0.29) is 83.5 Å². The molecule has 0 radical (unpaired) electrons. The zero-order valence-corrected chi connectivity index (χ0v) is 32.1. The first-order chi connectivity index (χ1) is 25.1. The van der Waals surface area contributed by atoms with E-state index in [9.17, 15) is 24.6 Å². The van der Waals surface area contributed by atoms with Gasteiger partial charge in [-0.2, -0.15) is 0 Å². The van der Waals surface area contributed by atoms with Crippen molar-refractivity contribution in [2.45, 2.75) is 110 Å². The van der Waals surface area contributed by atoms with Crippen LogP contribution in [0.5, 0.6) is 11.6 Å². The second-order valence-corrected chi connectivity index (χ2v) is 15.8. The highest BCUT2D eigenvalue weighted by Crippen LogP contribution is 2.57. The maximum atomic E-state index is 17.4. The first-order valence-electron chi connectivity index (χ1n) is 18.9. The molecule has 0 bridgehead atoms. The molecular formula is C39H53FN4O9. The van der Waals surface area contributed by atoms with Crippen LogP contribution in [0.25, 0.3) is 0 Å². The number of aromatic nitrogens is 1. The highest BCUT2D eigenvalue weighted by atomic mass is 19.1. The number of benzene rings is 1. The molecule has 13 nitrogen and oxygen atoms in total. The fourth-order valence-corrected chi connectivity index (χ4v) is 8.37. The molecule has 0 spiro atoms. The lowest BCUT2D eigenvalue weighted by molar-refractivity contribution is -0.0404. The summed E-state index contributed by atoms with van der Waals surface area (Å²) in [6.45, 7) is 12.0. The van der Waals surface area contributed by atoms with E-state index in [1.165, 1.54) is 4.90 Å². The van der Waals surface area contributed by atoms with E-state index >= 15 is 4.39 Å². The van der Waals surface area contributed by atoms with Crippen LogP contribution in [0.2, 0.25) is 0 Å². The van der Waals surface area contributed by atoms with Gasteiger partial charge in [-0.15, -0.1) is 0 Å². The van der Waals surface area contributed by atoms with E-state index < -0.39 is 64.4 Å². The first-order valence-corrected chi connectivity index (χ1v) is 18.9. The molecule has 0 saturated heterocycles. The molecule has 1 aromatic heterocycles. The number of nitrogens with zero attached hydrogens (tertiary/aromatic N) is 3. The number of carbonyl (C=O) groups is 3. The van der Waals surface area contributed by atoms with E-state index in [2.05, 4.69) is 10.5 Å². The lowest BCUT2D eigenvalue weighted by Gasteiger charge is -2.48. The number of anilines is 1. The minimum Gasteiger partial charge on any atom is -0.508 e. The molecule has 14 heteroatoms. The number of nitrogens with one attached hydrogen (secondary N) is 1. The van der Waals surface area contributed by atoms with Crippen molar-refractivity contribution in [2.24, 2.45) is 11.8 Å². The van der Waals surface area contributed by atoms with Crippen LogP contribution in [0.3, 0.4) is 0 Å². The molecule has 0 fully saturated rings. The van der Waals surface area contributed by atoms with Gasteiger partial charge in [0.1, 0.15) is 22.7 Å². The molecule has 4 aliphatic rings. The van der Waals surface area contributed by atoms with E-state index in [1.54, 1.807) is 20.8 Å². The average Bonchev–Trinajstić information content (AvgIpc) is 3.52. The number of ether oxygens (including phenoxy) is 3. The van der Waals surface area contributed by atoms with Gasteiger partial charge in [-0.05, 0) is 84.6 Å². The van der Waals surface area contributed by atoms with Crippen molar-refractivity contribution >= 4 is 23.3 Å². The number of halogens is 1. The predicted molar refractivity (Wildman–Crippen MR) is 193 cm³/mol. The third-order valence-electron chi connectivity index (χ3n) is 10.8. The van der Waals surface area contributed by atoms with Crippen LogP contribution in [0.4, 0.5) is 14.9 Å². The van der Waals surface area contributed by atoms with Crippen LogP contribution in [-0.2, 0) is 11.2 Å². The van der Waals surface area contributed by atoms with Crippen LogP contribution in [0, 0.1) is 17.7 Å². The average molecular weight is 741 g/mol. The molecule has 1 unspecified atom stereocenters. The Balaban J connectivity index is 1.56. The van der Waals surface area contributed by atoms with Crippen molar-refractivity contribution in [1.82, 2.24) is 15.4 Å². The summed E-state index contributed by atoms with van der Waals surface area (Å²) in [7, 11) is 3.66. The lowest BCUT2D eigenvalue weighted by Crippen LogP contribution is -2.59. The normalized spacial score (nSPS) is 25.1. The monoisotopic (exact) mass is 740 g/mol. The molecule has 2 heterocycles. The topological polar surface area (TPSA) is 164 Å². The van der Waals surface area contributed by atoms with E-state index in [1.807, 2.05) is 39.8 Å². The molecule has 3 N–H and O–H groups in total. The fraction of sp³-hybridized carbons (Fsp3) is 0.641. The summed E-state index contributed by atoms with van der Waals surface area (Å²) >= 11 is 0. The van der Waals surface area contributed by atoms with E-state index in [0.29, 0.717) is 25.8 Å². The molecule has 6 rings (SSSR count). The highest BCUT2D eigenvalue weighted by molar-refractivity contribution is 6.17. The van der Waals surface area contributed by atoms with Crippen LogP contribution >= 0.6 is 0 Å². The fourth-order valence-electron chi connectivity index (χ4n) is 8.37. The molecule has 3 aliphatic carbocycles. The van der Waals surface area contributed by atoms with Crippen molar-refractivity contribution in [1.29, 1.82) is 0 Å². The number of ketones is 2. The molecule has 1 amide bonds. The summed E-state index contributed by atoms with van der Waals surface area (Å²) in [4.78, 5) is 46.3. The van der Waals surface area contributed by atoms with Crippen LogP contribution in [0.1, 0.15) is 130 Å². The van der Waals surface area contributed by atoms with Crippen LogP contribution in [-0.4, -0.2) is 89.5 Å². The van der Waals surface area contributed by atoms with Gasteiger partial charge >= 0.3 is 6.09 Å². The Morgan fingerprint density at radius 3 is 2.42 bits per heavy atom. The number of unbranched alkanes of at least 4 members (excludes halogenated alkanes) is 2.